The van der Waals surface area contributed by atoms with Gasteiger partial charge >= 0.3 is 0 Å². The van der Waals surface area contributed by atoms with Gasteiger partial charge in [0, 0.05) is 31.8 Å². The van der Waals surface area contributed by atoms with Crippen LogP contribution in [-0.4, -0.2) is 46.3 Å². The Morgan fingerprint density at radius 3 is 2.68 bits per heavy atom. The molecule has 0 bridgehead atoms. The Kier molecular flexibility index (Phi) is 6.17. The molecule has 28 heavy (non-hydrogen) atoms. The minimum Gasteiger partial charge on any atom is -0.323 e. The van der Waals surface area contributed by atoms with Crippen molar-refractivity contribution < 1.29 is 18.1 Å². The van der Waals surface area contributed by atoms with Crippen LogP contribution in [0, 0.1) is 0 Å². The van der Waals surface area contributed by atoms with Gasteiger partial charge in [-0.3, -0.25) is 4.79 Å². The first-order chi connectivity index (χ1) is 13.3. The summed E-state index contributed by atoms with van der Waals surface area (Å²) in [4.78, 5) is 13.9. The van der Waals surface area contributed by atoms with Gasteiger partial charge in [0.1, 0.15) is 6.04 Å². The lowest BCUT2D eigenvalue weighted by Crippen LogP contribution is -3.10. The molecule has 0 fully saturated rings. The van der Waals surface area contributed by atoms with Gasteiger partial charge in [-0.1, -0.05) is 30.3 Å². The second-order valence-corrected chi connectivity index (χ2v) is 9.68. The summed E-state index contributed by atoms with van der Waals surface area (Å²) in [7, 11) is 1.48. The van der Waals surface area contributed by atoms with E-state index in [-0.39, 0.29) is 10.8 Å². The summed E-state index contributed by atoms with van der Waals surface area (Å²) in [5, 5.41) is 2.84. The van der Waals surface area contributed by atoms with Crippen molar-refractivity contribution in [3.63, 3.8) is 0 Å². The van der Waals surface area contributed by atoms with Crippen LogP contribution in [-0.2, 0) is 21.2 Å². The summed E-state index contributed by atoms with van der Waals surface area (Å²) in [6.07, 6.45) is 3.29. The Hall–Kier alpha value is -2.22. The number of carbonyl (C=O) groups excluding carboxylic acids is 1. The molecule has 2 aromatic carbocycles. The summed E-state index contributed by atoms with van der Waals surface area (Å²) >= 11 is 0. The molecular formula is C21H28N3O3S+. The van der Waals surface area contributed by atoms with Crippen LogP contribution >= 0.6 is 0 Å². The number of aryl methyl sites for hydroxylation is 1. The first-order valence-electron chi connectivity index (χ1n) is 9.51. The molecule has 0 spiro atoms. The smallest absolute Gasteiger partial charge is 0.279 e. The van der Waals surface area contributed by atoms with Crippen LogP contribution in [0.2, 0.25) is 0 Å². The van der Waals surface area contributed by atoms with Crippen molar-refractivity contribution in [3.05, 3.63) is 59.7 Å². The lowest BCUT2D eigenvalue weighted by molar-refractivity contribution is -0.905. The van der Waals surface area contributed by atoms with Crippen LogP contribution < -0.4 is 10.2 Å². The van der Waals surface area contributed by atoms with Crippen molar-refractivity contribution in [1.29, 1.82) is 0 Å². The number of rotatable bonds is 6. The summed E-state index contributed by atoms with van der Waals surface area (Å²) in [6.45, 7) is 0.323. The van der Waals surface area contributed by atoms with Gasteiger partial charge in [-0.15, -0.1) is 0 Å². The van der Waals surface area contributed by atoms with E-state index in [0.717, 1.165) is 28.5 Å². The standard InChI is InChI=1S/C21H27N3O3S/c1-23(2)28(26,27)18-11-7-10-17(14-18)22-21(25)15-24(3)20-13-6-9-16-8-4-5-12-19(16)20/h4-5,7-8,10-12,14,20H,6,9,13,15H2,1-3H3,(H,22,25)/p+1/t20-/m0/s1. The fourth-order valence-electron chi connectivity index (χ4n) is 3.79. The number of hydrogen-bond acceptors (Lipinski definition) is 3. The van der Waals surface area contributed by atoms with Gasteiger partial charge in [0.05, 0.1) is 11.9 Å². The van der Waals surface area contributed by atoms with Crippen molar-refractivity contribution >= 4 is 21.6 Å². The fraction of sp³-hybridized carbons (Fsp3) is 0.381. The van der Waals surface area contributed by atoms with E-state index in [4.69, 9.17) is 0 Å². The van der Waals surface area contributed by atoms with E-state index >= 15 is 0 Å². The monoisotopic (exact) mass is 402 g/mol. The summed E-state index contributed by atoms with van der Waals surface area (Å²) in [5.74, 6) is -0.125. The number of nitrogens with one attached hydrogen (secondary N) is 2. The van der Waals surface area contributed by atoms with Gasteiger partial charge in [-0.05, 0) is 36.6 Å². The fourth-order valence-corrected chi connectivity index (χ4v) is 4.74. The molecule has 2 N–H and O–H groups in total. The highest BCUT2D eigenvalue weighted by atomic mass is 32.2. The second-order valence-electron chi connectivity index (χ2n) is 7.53. The van der Waals surface area contributed by atoms with Gasteiger partial charge in [-0.25, -0.2) is 12.7 Å². The van der Waals surface area contributed by atoms with E-state index in [0.29, 0.717) is 18.3 Å². The summed E-state index contributed by atoms with van der Waals surface area (Å²) < 4.78 is 25.7. The van der Waals surface area contributed by atoms with E-state index < -0.39 is 10.0 Å². The van der Waals surface area contributed by atoms with Gasteiger partial charge in [-0.2, -0.15) is 0 Å². The molecule has 1 aliphatic rings. The quantitative estimate of drug-likeness (QED) is 0.769. The molecular weight excluding hydrogens is 374 g/mol. The van der Waals surface area contributed by atoms with Crippen molar-refractivity contribution in [3.8, 4) is 0 Å². The highest BCUT2D eigenvalue weighted by Gasteiger charge is 2.28. The third kappa shape index (κ3) is 4.43. The number of likely N-dealkylation sites (N-methyl/N-ethyl adjacent to an activating group) is 1. The third-order valence-electron chi connectivity index (χ3n) is 5.30. The number of fused-ring (bicyclic) bond motifs is 1. The molecule has 1 unspecified atom stereocenters. The number of quaternary nitrogens is 1. The predicted octanol–water partition coefficient (Wildman–Crippen LogP) is 1.47. The molecule has 2 atom stereocenters. The van der Waals surface area contributed by atoms with E-state index in [2.05, 4.69) is 29.6 Å². The zero-order valence-corrected chi connectivity index (χ0v) is 17.4. The highest BCUT2D eigenvalue weighted by molar-refractivity contribution is 7.89. The minimum absolute atomic E-state index is 0.125. The third-order valence-corrected chi connectivity index (χ3v) is 7.11. The first kappa shape index (κ1) is 20.5. The van der Waals surface area contributed by atoms with Crippen LogP contribution in [0.15, 0.2) is 53.4 Å². The largest absolute Gasteiger partial charge is 0.323 e. The van der Waals surface area contributed by atoms with Crippen molar-refractivity contribution in [2.75, 3.05) is 33.0 Å². The summed E-state index contributed by atoms with van der Waals surface area (Å²) in [6, 6.07) is 15.1. The van der Waals surface area contributed by atoms with E-state index in [1.54, 1.807) is 12.1 Å². The topological polar surface area (TPSA) is 70.9 Å². The zero-order valence-electron chi connectivity index (χ0n) is 16.6. The molecule has 0 saturated heterocycles. The lowest BCUT2D eigenvalue weighted by Gasteiger charge is -2.30. The molecule has 1 amide bonds. The van der Waals surface area contributed by atoms with Crippen molar-refractivity contribution in [2.24, 2.45) is 0 Å². The van der Waals surface area contributed by atoms with E-state index in [1.807, 2.05) is 7.05 Å². The van der Waals surface area contributed by atoms with Crippen LogP contribution in [0.4, 0.5) is 5.69 Å². The highest BCUT2D eigenvalue weighted by Crippen LogP contribution is 2.27. The zero-order chi connectivity index (χ0) is 20.3. The molecule has 7 heteroatoms. The van der Waals surface area contributed by atoms with E-state index in [9.17, 15) is 13.2 Å². The normalized spacial score (nSPS) is 17.8. The average molecular weight is 403 g/mol. The number of sulfonamides is 1. The minimum atomic E-state index is -3.53. The first-order valence-corrected chi connectivity index (χ1v) is 11.0. The maximum Gasteiger partial charge on any atom is 0.279 e. The van der Waals surface area contributed by atoms with Crippen LogP contribution in [0.25, 0.3) is 0 Å². The maximum atomic E-state index is 12.6. The lowest BCUT2D eigenvalue weighted by atomic mass is 9.87. The number of hydrogen-bond donors (Lipinski definition) is 2. The molecule has 3 rings (SSSR count). The number of anilines is 1. The Morgan fingerprint density at radius 1 is 1.18 bits per heavy atom. The van der Waals surface area contributed by atoms with Gasteiger partial charge in [0.25, 0.3) is 5.91 Å². The van der Waals surface area contributed by atoms with Gasteiger partial charge < -0.3 is 10.2 Å². The van der Waals surface area contributed by atoms with Crippen LogP contribution in [0.3, 0.4) is 0 Å². The van der Waals surface area contributed by atoms with Crippen molar-refractivity contribution in [1.82, 2.24) is 4.31 Å². The molecule has 0 aromatic heterocycles. The Balaban J connectivity index is 1.68. The SMILES string of the molecule is CN(C)S(=O)(=O)c1cccc(NC(=O)C[NH+](C)[C@H]2CCCc3ccccc32)c1. The maximum absolute atomic E-state index is 12.6. The average Bonchev–Trinajstić information content (AvgIpc) is 2.67. The Morgan fingerprint density at radius 2 is 1.93 bits per heavy atom. The van der Waals surface area contributed by atoms with Crippen LogP contribution in [0.1, 0.15) is 30.0 Å². The second kappa shape index (κ2) is 8.43. The van der Waals surface area contributed by atoms with Crippen LogP contribution in [0.5, 0.6) is 0 Å². The number of benzene rings is 2. The Labute approximate surface area is 167 Å². The number of nitrogens with zero attached hydrogens (tertiary/aromatic N) is 1. The van der Waals surface area contributed by atoms with Crippen molar-refractivity contribution in [2.45, 2.75) is 30.2 Å². The molecule has 0 aliphatic heterocycles. The molecule has 1 aliphatic carbocycles. The molecule has 150 valence electrons. The van der Waals surface area contributed by atoms with E-state index in [1.165, 1.54) is 37.4 Å². The summed E-state index contributed by atoms with van der Waals surface area (Å²) in [5.41, 5.74) is 3.20. The van der Waals surface area contributed by atoms with Gasteiger partial charge in [0.2, 0.25) is 10.0 Å². The predicted molar refractivity (Wildman–Crippen MR) is 110 cm³/mol. The molecule has 2 aromatic rings. The molecule has 0 saturated carbocycles. The number of amides is 1. The Bertz CT molecular complexity index is 957. The van der Waals surface area contributed by atoms with Gasteiger partial charge in [0.15, 0.2) is 6.54 Å². The molecule has 0 radical (unpaired) electrons. The molecule has 6 nitrogen and oxygen atoms in total. The molecule has 0 heterocycles. The number of carbonyl (C=O) groups is 1.